The smallest absolute Gasteiger partial charge is 0.545 e. The Kier molecular flexibility index (Phi) is 5.10. The molecule has 0 fully saturated rings. The number of benzene rings is 1. The molecule has 0 bridgehead atoms. The molecular formula is C7H4Cl2NNaO2. The number of anilines is 1. The van der Waals surface area contributed by atoms with Crippen molar-refractivity contribution in [2.24, 2.45) is 0 Å². The summed E-state index contributed by atoms with van der Waals surface area (Å²) in [6.45, 7) is 0. The Morgan fingerprint density at radius 2 is 1.92 bits per heavy atom. The van der Waals surface area contributed by atoms with Gasteiger partial charge >= 0.3 is 29.6 Å². The maximum Gasteiger partial charge on any atom is 1.00 e. The van der Waals surface area contributed by atoms with Crippen LogP contribution in [-0.4, -0.2) is 5.97 Å². The number of carboxylic acid groups (broad SMARTS) is 1. The number of hydrogen-bond acceptors (Lipinski definition) is 3. The molecule has 0 saturated carbocycles. The largest absolute Gasteiger partial charge is 1.00 e. The molecule has 0 aromatic heterocycles. The Bertz CT molecular complexity index is 344. The quantitative estimate of drug-likeness (QED) is 0.444. The third kappa shape index (κ3) is 3.04. The molecule has 0 saturated heterocycles. The van der Waals surface area contributed by atoms with Crippen LogP contribution in [0.15, 0.2) is 12.1 Å². The van der Waals surface area contributed by atoms with E-state index in [2.05, 4.69) is 0 Å². The number of carboxylic acids is 1. The molecule has 1 aromatic rings. The second kappa shape index (κ2) is 5.08. The van der Waals surface area contributed by atoms with Crippen molar-refractivity contribution in [3.63, 3.8) is 0 Å². The summed E-state index contributed by atoms with van der Waals surface area (Å²) in [6.07, 6.45) is 0. The van der Waals surface area contributed by atoms with Crippen LogP contribution in [0.5, 0.6) is 0 Å². The molecule has 2 N–H and O–H groups in total. The molecule has 0 aliphatic heterocycles. The molecule has 0 heterocycles. The molecular weight excluding hydrogens is 224 g/mol. The molecule has 3 nitrogen and oxygen atoms in total. The van der Waals surface area contributed by atoms with Crippen molar-refractivity contribution in [1.29, 1.82) is 0 Å². The molecule has 64 valence electrons. The first-order chi connectivity index (χ1) is 5.52. The van der Waals surface area contributed by atoms with Gasteiger partial charge in [-0.1, -0.05) is 23.2 Å². The zero-order valence-electron chi connectivity index (χ0n) is 6.80. The minimum atomic E-state index is -1.39. The zero-order chi connectivity index (χ0) is 9.30. The van der Waals surface area contributed by atoms with E-state index >= 15 is 0 Å². The minimum absolute atomic E-state index is 0. The van der Waals surface area contributed by atoms with Crippen LogP contribution in [0.1, 0.15) is 10.4 Å². The number of rotatable bonds is 1. The van der Waals surface area contributed by atoms with Gasteiger partial charge < -0.3 is 15.6 Å². The van der Waals surface area contributed by atoms with Gasteiger partial charge in [-0.2, -0.15) is 0 Å². The van der Waals surface area contributed by atoms with Crippen LogP contribution in [0, 0.1) is 0 Å². The molecule has 1 rings (SSSR count). The number of halogens is 2. The van der Waals surface area contributed by atoms with Crippen LogP contribution in [0.4, 0.5) is 5.69 Å². The Morgan fingerprint density at radius 1 is 1.38 bits per heavy atom. The summed E-state index contributed by atoms with van der Waals surface area (Å²) in [6, 6.07) is 2.56. The van der Waals surface area contributed by atoms with Crippen molar-refractivity contribution in [2.45, 2.75) is 0 Å². The first kappa shape index (κ1) is 13.1. The van der Waals surface area contributed by atoms with Gasteiger partial charge in [0.1, 0.15) is 0 Å². The monoisotopic (exact) mass is 227 g/mol. The zero-order valence-corrected chi connectivity index (χ0v) is 10.3. The van der Waals surface area contributed by atoms with E-state index in [0.717, 1.165) is 0 Å². The van der Waals surface area contributed by atoms with Gasteiger partial charge in [0, 0.05) is 10.6 Å². The fourth-order valence-electron chi connectivity index (χ4n) is 0.759. The van der Waals surface area contributed by atoms with Crippen LogP contribution in [0.3, 0.4) is 0 Å². The number of hydrogen-bond donors (Lipinski definition) is 1. The fraction of sp³-hybridized carbons (Fsp3) is 0. The molecule has 6 heteroatoms. The van der Waals surface area contributed by atoms with E-state index < -0.39 is 5.97 Å². The topological polar surface area (TPSA) is 66.2 Å². The molecule has 1 aromatic carbocycles. The summed E-state index contributed by atoms with van der Waals surface area (Å²) >= 11 is 11.1. The molecule has 0 atom stereocenters. The third-order valence-corrected chi connectivity index (χ3v) is 1.93. The Balaban J connectivity index is 0.00000144. The molecule has 0 spiro atoms. The summed E-state index contributed by atoms with van der Waals surface area (Å²) < 4.78 is 0. The summed E-state index contributed by atoms with van der Waals surface area (Å²) in [5.74, 6) is -1.39. The average molecular weight is 228 g/mol. The number of carbonyl (C=O) groups excluding carboxylic acids is 1. The second-order valence-corrected chi connectivity index (χ2v) is 2.96. The van der Waals surface area contributed by atoms with E-state index in [-0.39, 0.29) is 50.9 Å². The first-order valence-electron chi connectivity index (χ1n) is 2.98. The van der Waals surface area contributed by atoms with Gasteiger partial charge in [-0.25, -0.2) is 0 Å². The van der Waals surface area contributed by atoms with Crippen molar-refractivity contribution in [3.05, 3.63) is 27.7 Å². The Hall–Kier alpha value is 0.0700. The molecule has 0 unspecified atom stereocenters. The molecule has 0 aliphatic rings. The summed E-state index contributed by atoms with van der Waals surface area (Å²) in [5, 5.41) is 10.6. The van der Waals surface area contributed by atoms with E-state index in [0.29, 0.717) is 0 Å². The van der Waals surface area contributed by atoms with Crippen molar-refractivity contribution in [3.8, 4) is 0 Å². The van der Waals surface area contributed by atoms with Crippen molar-refractivity contribution < 1.29 is 39.5 Å². The third-order valence-electron chi connectivity index (χ3n) is 1.29. The van der Waals surface area contributed by atoms with Gasteiger partial charge in [0.25, 0.3) is 0 Å². The van der Waals surface area contributed by atoms with E-state index in [1.807, 2.05) is 0 Å². The van der Waals surface area contributed by atoms with Gasteiger partial charge in [-0.15, -0.1) is 0 Å². The van der Waals surface area contributed by atoms with E-state index in [1.54, 1.807) is 0 Å². The Morgan fingerprint density at radius 3 is 2.38 bits per heavy atom. The Labute approximate surface area is 107 Å². The molecule has 0 radical (unpaired) electrons. The van der Waals surface area contributed by atoms with E-state index in [4.69, 9.17) is 28.9 Å². The SMILES string of the molecule is Nc1cc(Cl)cc(C(=O)[O-])c1Cl.[Na+]. The minimum Gasteiger partial charge on any atom is -0.545 e. The van der Waals surface area contributed by atoms with Crippen LogP contribution in [-0.2, 0) is 0 Å². The number of nitrogen functional groups attached to an aromatic ring is 1. The maximum atomic E-state index is 10.4. The van der Waals surface area contributed by atoms with Gasteiger partial charge in [0.05, 0.1) is 16.7 Å². The van der Waals surface area contributed by atoms with Crippen LogP contribution in [0.2, 0.25) is 10.0 Å². The number of aromatic carboxylic acids is 1. The molecule has 0 amide bonds. The predicted molar refractivity (Wildman–Crippen MR) is 45.2 cm³/mol. The van der Waals surface area contributed by atoms with Crippen LogP contribution < -0.4 is 40.4 Å². The number of carbonyl (C=O) groups is 1. The first-order valence-corrected chi connectivity index (χ1v) is 3.74. The van der Waals surface area contributed by atoms with E-state index in [1.165, 1.54) is 12.1 Å². The standard InChI is InChI=1S/C7H5Cl2NO2.Na/c8-3-1-4(7(11)12)6(9)5(10)2-3;/h1-2H,10H2,(H,11,12);/q;+1/p-1. The van der Waals surface area contributed by atoms with Crippen molar-refractivity contribution in [1.82, 2.24) is 0 Å². The second-order valence-electron chi connectivity index (χ2n) is 2.14. The van der Waals surface area contributed by atoms with Gasteiger partial charge in [0.2, 0.25) is 0 Å². The summed E-state index contributed by atoms with van der Waals surface area (Å²) in [5.41, 5.74) is 5.29. The number of nitrogens with two attached hydrogens (primary N) is 1. The van der Waals surface area contributed by atoms with Gasteiger partial charge in [-0.3, -0.25) is 0 Å². The van der Waals surface area contributed by atoms with Gasteiger partial charge in [0.15, 0.2) is 0 Å². The van der Waals surface area contributed by atoms with Gasteiger partial charge in [-0.05, 0) is 12.1 Å². The summed E-state index contributed by atoms with van der Waals surface area (Å²) in [7, 11) is 0. The van der Waals surface area contributed by atoms with Crippen LogP contribution >= 0.6 is 23.2 Å². The fourth-order valence-corrected chi connectivity index (χ4v) is 1.17. The van der Waals surface area contributed by atoms with Crippen molar-refractivity contribution >= 4 is 34.9 Å². The molecule has 0 aliphatic carbocycles. The average Bonchev–Trinajstić information content (AvgIpc) is 1.96. The molecule has 13 heavy (non-hydrogen) atoms. The normalized spacial score (nSPS) is 9.08. The predicted octanol–water partition coefficient (Wildman–Crippen LogP) is -2.06. The van der Waals surface area contributed by atoms with Crippen molar-refractivity contribution in [2.75, 3.05) is 5.73 Å². The van der Waals surface area contributed by atoms with Crippen LogP contribution in [0.25, 0.3) is 0 Å². The summed E-state index contributed by atoms with van der Waals surface area (Å²) in [4.78, 5) is 10.4. The van der Waals surface area contributed by atoms with E-state index in [9.17, 15) is 9.90 Å². The maximum absolute atomic E-state index is 10.4.